The lowest BCUT2D eigenvalue weighted by Gasteiger charge is -2.28. The van der Waals surface area contributed by atoms with Crippen molar-refractivity contribution >= 4 is 40.0 Å². The van der Waals surface area contributed by atoms with Gasteiger partial charge in [-0.3, -0.25) is 4.99 Å². The van der Waals surface area contributed by atoms with Gasteiger partial charge in [0.15, 0.2) is 5.96 Å². The Morgan fingerprint density at radius 1 is 1.18 bits per heavy atom. The van der Waals surface area contributed by atoms with Gasteiger partial charge in [-0.1, -0.05) is 51.1 Å². The Balaban J connectivity index is 0.00000729. The highest BCUT2D eigenvalue weighted by Crippen LogP contribution is 2.21. The third kappa shape index (κ3) is 11.2. The monoisotopic (exact) mass is 526 g/mol. The molecule has 162 valence electrons. The van der Waals surface area contributed by atoms with Crippen LogP contribution in [0.1, 0.15) is 33.3 Å². The van der Waals surface area contributed by atoms with Gasteiger partial charge in [0.25, 0.3) is 0 Å². The van der Waals surface area contributed by atoms with Gasteiger partial charge in [-0.2, -0.15) is 0 Å². The zero-order valence-electron chi connectivity index (χ0n) is 17.5. The van der Waals surface area contributed by atoms with E-state index in [9.17, 15) is 8.42 Å². The maximum absolute atomic E-state index is 12.2. The maximum atomic E-state index is 12.2. The third-order valence-corrected chi connectivity index (χ3v) is 5.34. The highest BCUT2D eigenvalue weighted by molar-refractivity contribution is 14.0. The Kier molecular flexibility index (Phi) is 12.9. The number of ether oxygens (including phenoxy) is 1. The van der Waals surface area contributed by atoms with E-state index in [1.54, 1.807) is 7.11 Å². The number of guanidine groups is 1. The van der Waals surface area contributed by atoms with E-state index in [0.717, 1.165) is 5.56 Å². The van der Waals surface area contributed by atoms with Gasteiger partial charge >= 0.3 is 0 Å². The van der Waals surface area contributed by atoms with Crippen molar-refractivity contribution in [2.75, 3.05) is 32.5 Å². The lowest BCUT2D eigenvalue weighted by Crippen LogP contribution is -2.42. The topological polar surface area (TPSA) is 91.8 Å². The second-order valence-electron chi connectivity index (χ2n) is 7.36. The van der Waals surface area contributed by atoms with Crippen molar-refractivity contribution in [3.8, 4) is 0 Å². The van der Waals surface area contributed by atoms with E-state index in [1.165, 1.54) is 0 Å². The molecular weight excluding hydrogens is 491 g/mol. The first kappa shape index (κ1) is 27.1. The summed E-state index contributed by atoms with van der Waals surface area (Å²) in [5, 5.41) is 6.20. The van der Waals surface area contributed by atoms with E-state index < -0.39 is 10.0 Å². The van der Waals surface area contributed by atoms with Crippen LogP contribution in [0, 0.1) is 5.41 Å². The number of hydrogen-bond donors (Lipinski definition) is 3. The molecule has 0 aliphatic rings. The average molecular weight is 526 g/mol. The van der Waals surface area contributed by atoms with Crippen LogP contribution in [0.15, 0.2) is 35.3 Å². The van der Waals surface area contributed by atoms with Crippen LogP contribution < -0.4 is 15.4 Å². The molecule has 7 nitrogen and oxygen atoms in total. The number of methoxy groups -OCH3 is 1. The molecular formula is C19H35IN4O3S. The lowest BCUT2D eigenvalue weighted by atomic mass is 9.89. The lowest BCUT2D eigenvalue weighted by molar-refractivity contribution is 0.0241. The standard InChI is InChI=1S/C19H34N4O3S.HI/c1-6-20-18(22-15-17(26-5)19(2,3)4)21-12-13-27(24,25)23-14-16-10-8-7-9-11-16;/h7-11,17,23H,6,12-15H2,1-5H3,(H2,20,21,22);1H. The molecule has 0 amide bonds. The molecule has 0 bridgehead atoms. The molecule has 0 saturated heterocycles. The molecule has 9 heteroatoms. The van der Waals surface area contributed by atoms with E-state index in [4.69, 9.17) is 4.74 Å². The molecule has 1 rings (SSSR count). The first-order valence-electron chi connectivity index (χ1n) is 9.24. The van der Waals surface area contributed by atoms with Gasteiger partial charge in [-0.15, -0.1) is 24.0 Å². The molecule has 0 aliphatic carbocycles. The van der Waals surface area contributed by atoms with Crippen molar-refractivity contribution in [2.24, 2.45) is 10.4 Å². The third-order valence-electron chi connectivity index (χ3n) is 4.01. The molecule has 28 heavy (non-hydrogen) atoms. The van der Waals surface area contributed by atoms with Crippen LogP contribution in [-0.4, -0.2) is 53.0 Å². The molecule has 1 unspecified atom stereocenters. The van der Waals surface area contributed by atoms with Crippen LogP contribution in [-0.2, 0) is 21.3 Å². The van der Waals surface area contributed by atoms with Crippen LogP contribution in [0.25, 0.3) is 0 Å². The molecule has 0 spiro atoms. The summed E-state index contributed by atoms with van der Waals surface area (Å²) in [4.78, 5) is 4.52. The summed E-state index contributed by atoms with van der Waals surface area (Å²) < 4.78 is 32.4. The minimum Gasteiger partial charge on any atom is -0.379 e. The van der Waals surface area contributed by atoms with Crippen LogP contribution in [0.4, 0.5) is 0 Å². The van der Waals surface area contributed by atoms with E-state index in [2.05, 4.69) is 41.1 Å². The fraction of sp³-hybridized carbons (Fsp3) is 0.632. The highest BCUT2D eigenvalue weighted by atomic mass is 127. The van der Waals surface area contributed by atoms with Crippen molar-refractivity contribution < 1.29 is 13.2 Å². The molecule has 0 aliphatic heterocycles. The number of aliphatic imine (C=N–C) groups is 1. The molecule has 0 saturated carbocycles. The van der Waals surface area contributed by atoms with Gasteiger partial charge in [0.2, 0.25) is 10.0 Å². The molecule has 0 heterocycles. The average Bonchev–Trinajstić information content (AvgIpc) is 2.60. The van der Waals surface area contributed by atoms with Crippen molar-refractivity contribution in [3.05, 3.63) is 35.9 Å². The Labute approximate surface area is 187 Å². The summed E-state index contributed by atoms with van der Waals surface area (Å²) in [6.07, 6.45) is -0.0239. The van der Waals surface area contributed by atoms with Gasteiger partial charge in [-0.05, 0) is 17.9 Å². The fourth-order valence-corrected chi connectivity index (χ4v) is 3.28. The molecule has 3 N–H and O–H groups in total. The summed E-state index contributed by atoms with van der Waals surface area (Å²) >= 11 is 0. The zero-order valence-corrected chi connectivity index (χ0v) is 20.6. The highest BCUT2D eigenvalue weighted by Gasteiger charge is 2.24. The summed E-state index contributed by atoms with van der Waals surface area (Å²) in [5.41, 5.74) is 0.900. The molecule has 1 aromatic rings. The maximum Gasteiger partial charge on any atom is 0.213 e. The fourth-order valence-electron chi connectivity index (χ4n) is 2.38. The van der Waals surface area contributed by atoms with Crippen molar-refractivity contribution in [3.63, 3.8) is 0 Å². The smallest absolute Gasteiger partial charge is 0.213 e. The minimum absolute atomic E-state index is 0. The molecule has 0 aromatic heterocycles. The van der Waals surface area contributed by atoms with E-state index in [1.807, 2.05) is 37.3 Å². The van der Waals surface area contributed by atoms with Gasteiger partial charge in [0, 0.05) is 26.7 Å². The predicted octanol–water partition coefficient (Wildman–Crippen LogP) is 2.34. The van der Waals surface area contributed by atoms with E-state index >= 15 is 0 Å². The largest absolute Gasteiger partial charge is 0.379 e. The Bertz CT molecular complexity index is 676. The van der Waals surface area contributed by atoms with Crippen LogP contribution >= 0.6 is 24.0 Å². The van der Waals surface area contributed by atoms with Gasteiger partial charge in [0.1, 0.15) is 0 Å². The second-order valence-corrected chi connectivity index (χ2v) is 9.29. The number of rotatable bonds is 10. The number of nitrogens with one attached hydrogen (secondary N) is 3. The van der Waals surface area contributed by atoms with Gasteiger partial charge < -0.3 is 15.4 Å². The molecule has 1 atom stereocenters. The van der Waals surface area contributed by atoms with E-state index in [0.29, 0.717) is 25.6 Å². The predicted molar refractivity (Wildman–Crippen MR) is 127 cm³/mol. The Morgan fingerprint density at radius 2 is 1.82 bits per heavy atom. The SMILES string of the molecule is CCNC(=NCC(OC)C(C)(C)C)NCCS(=O)(=O)NCc1ccccc1.I. The summed E-state index contributed by atoms with van der Waals surface area (Å²) in [5.74, 6) is 0.555. The normalized spacial score (nSPS) is 13.5. The second kappa shape index (κ2) is 13.3. The number of sulfonamides is 1. The summed E-state index contributed by atoms with van der Waals surface area (Å²) in [6.45, 7) is 10.0. The van der Waals surface area contributed by atoms with Crippen LogP contribution in [0.5, 0.6) is 0 Å². The van der Waals surface area contributed by atoms with Crippen molar-refractivity contribution in [1.82, 2.24) is 15.4 Å². The van der Waals surface area contributed by atoms with Crippen LogP contribution in [0.2, 0.25) is 0 Å². The number of halogens is 1. The van der Waals surface area contributed by atoms with Crippen LogP contribution in [0.3, 0.4) is 0 Å². The molecule has 0 radical (unpaired) electrons. The summed E-state index contributed by atoms with van der Waals surface area (Å²) in [7, 11) is -1.69. The minimum atomic E-state index is -3.37. The van der Waals surface area contributed by atoms with Gasteiger partial charge in [-0.25, -0.2) is 13.1 Å². The first-order chi connectivity index (χ1) is 12.7. The van der Waals surface area contributed by atoms with Gasteiger partial charge in [0.05, 0.1) is 18.4 Å². The van der Waals surface area contributed by atoms with Crippen molar-refractivity contribution in [2.45, 2.75) is 40.3 Å². The summed E-state index contributed by atoms with van der Waals surface area (Å²) in [6, 6.07) is 9.44. The number of benzene rings is 1. The zero-order chi connectivity index (χ0) is 20.3. The number of hydrogen-bond acceptors (Lipinski definition) is 4. The molecule has 1 aromatic carbocycles. The number of nitrogens with zero attached hydrogens (tertiary/aromatic N) is 1. The quantitative estimate of drug-likeness (QED) is 0.247. The Morgan fingerprint density at radius 3 is 2.36 bits per heavy atom. The first-order valence-corrected chi connectivity index (χ1v) is 10.9. The van der Waals surface area contributed by atoms with Crippen molar-refractivity contribution in [1.29, 1.82) is 0 Å². The van der Waals surface area contributed by atoms with E-state index in [-0.39, 0.29) is 47.8 Å². The molecule has 0 fully saturated rings. The Hall–Kier alpha value is -0.910.